The number of hydrogen-bond donors (Lipinski definition) is 0. The molecule has 2 rings (SSSR count). The maximum absolute atomic E-state index is 2.23. The molecule has 0 nitrogen and oxygen atoms in total. The molecule has 0 heterocycles. The molecule has 2 aromatic carbocycles. The zero-order chi connectivity index (χ0) is 13.1. The van der Waals surface area contributed by atoms with Gasteiger partial charge < -0.3 is 37.2 Å². The number of rotatable bonds is 6. The third-order valence-corrected chi connectivity index (χ3v) is 3.10. The number of halogens is 3. The molecular formula is C18H26Cl3Zr-2. The Morgan fingerprint density at radius 2 is 0.864 bits per heavy atom. The van der Waals surface area contributed by atoms with Gasteiger partial charge in [0.15, 0.2) is 0 Å². The van der Waals surface area contributed by atoms with Crippen LogP contribution in [0.25, 0.3) is 0 Å². The Morgan fingerprint density at radius 1 is 0.591 bits per heavy atom. The molecule has 0 N–H and O–H groups in total. The molecule has 0 aromatic heterocycles. The molecule has 0 aliphatic heterocycles. The molecule has 0 bridgehead atoms. The molecule has 2 aromatic rings. The van der Waals surface area contributed by atoms with Crippen molar-refractivity contribution in [3.8, 4) is 0 Å². The van der Waals surface area contributed by atoms with Gasteiger partial charge in [0.2, 0.25) is 0 Å². The Kier molecular flexibility index (Phi) is 29.6. The molecule has 22 heavy (non-hydrogen) atoms. The molecule has 0 spiro atoms. The second-order valence-corrected chi connectivity index (χ2v) is 4.79. The molecule has 0 unspecified atom stereocenters. The van der Waals surface area contributed by atoms with E-state index >= 15 is 0 Å². The number of hydrogen-bond acceptors (Lipinski definition) is 0. The average Bonchev–Trinajstić information content (AvgIpc) is 3.07. The fourth-order valence-electron chi connectivity index (χ4n) is 1.92. The SMILES string of the molecule is CCCC[c-]1cccc1.CCCC[c-]1cccc1.[Cl-].[Cl-].[Cl-].[Zr+3]. The summed E-state index contributed by atoms with van der Waals surface area (Å²) in [6, 6.07) is 17.2. The smallest absolute Gasteiger partial charge is 1.00 e. The van der Waals surface area contributed by atoms with Crippen LogP contribution in [0.5, 0.6) is 0 Å². The summed E-state index contributed by atoms with van der Waals surface area (Å²) in [7, 11) is 0. The van der Waals surface area contributed by atoms with E-state index in [1.165, 1.54) is 49.7 Å². The molecule has 0 aliphatic rings. The van der Waals surface area contributed by atoms with Crippen molar-refractivity contribution in [3.05, 3.63) is 59.7 Å². The van der Waals surface area contributed by atoms with Crippen LogP contribution in [0.15, 0.2) is 48.5 Å². The van der Waals surface area contributed by atoms with E-state index in [1.54, 1.807) is 0 Å². The quantitative estimate of drug-likeness (QED) is 0.410. The topological polar surface area (TPSA) is 0 Å². The third kappa shape index (κ3) is 15.4. The van der Waals surface area contributed by atoms with Gasteiger partial charge in [-0.05, 0) is 0 Å². The van der Waals surface area contributed by atoms with Crippen LogP contribution in [0.2, 0.25) is 0 Å². The summed E-state index contributed by atoms with van der Waals surface area (Å²) in [4.78, 5) is 0. The Bertz CT molecular complexity index is 331. The molecule has 1 radical (unpaired) electrons. The summed E-state index contributed by atoms with van der Waals surface area (Å²) in [5, 5.41) is 0. The van der Waals surface area contributed by atoms with E-state index in [0.29, 0.717) is 0 Å². The van der Waals surface area contributed by atoms with E-state index in [9.17, 15) is 0 Å². The van der Waals surface area contributed by atoms with E-state index in [-0.39, 0.29) is 63.4 Å². The van der Waals surface area contributed by atoms with Crippen molar-refractivity contribution < 1.29 is 63.4 Å². The van der Waals surface area contributed by atoms with Crippen molar-refractivity contribution in [2.24, 2.45) is 0 Å². The maximum atomic E-state index is 2.23. The van der Waals surface area contributed by atoms with Crippen LogP contribution >= 0.6 is 0 Å². The molecule has 4 heteroatoms. The first-order chi connectivity index (χ1) is 8.86. The van der Waals surface area contributed by atoms with Crippen LogP contribution in [0.4, 0.5) is 0 Å². The second-order valence-electron chi connectivity index (χ2n) is 4.79. The Morgan fingerprint density at radius 3 is 1.09 bits per heavy atom. The molecule has 0 saturated heterocycles. The summed E-state index contributed by atoms with van der Waals surface area (Å²) < 4.78 is 0. The number of aryl methyl sites for hydroxylation is 2. The van der Waals surface area contributed by atoms with Gasteiger partial charge in [0, 0.05) is 0 Å². The van der Waals surface area contributed by atoms with E-state index < -0.39 is 0 Å². The van der Waals surface area contributed by atoms with Gasteiger partial charge >= 0.3 is 26.2 Å². The average molecular weight is 440 g/mol. The summed E-state index contributed by atoms with van der Waals surface area (Å²) in [6.07, 6.45) is 7.75. The fourth-order valence-corrected chi connectivity index (χ4v) is 1.92. The third-order valence-electron chi connectivity index (χ3n) is 3.10. The van der Waals surface area contributed by atoms with Crippen LogP contribution < -0.4 is 37.2 Å². The van der Waals surface area contributed by atoms with Gasteiger partial charge in [0.05, 0.1) is 0 Å². The Labute approximate surface area is 174 Å². The molecule has 0 saturated carbocycles. The largest absolute Gasteiger partial charge is 3.00 e. The predicted octanol–water partition coefficient (Wildman–Crippen LogP) is -3.49. The van der Waals surface area contributed by atoms with Crippen LogP contribution in [0.3, 0.4) is 0 Å². The molecule has 0 aliphatic carbocycles. The minimum atomic E-state index is 0. The van der Waals surface area contributed by atoms with Gasteiger partial charge in [-0.25, -0.2) is 24.3 Å². The van der Waals surface area contributed by atoms with E-state index in [2.05, 4.69) is 62.4 Å². The molecule has 0 amide bonds. The van der Waals surface area contributed by atoms with Gasteiger partial charge in [0.25, 0.3) is 0 Å². The van der Waals surface area contributed by atoms with Gasteiger partial charge in [-0.3, -0.25) is 0 Å². The summed E-state index contributed by atoms with van der Waals surface area (Å²) >= 11 is 0. The Hall–Kier alpha value is 0.453. The van der Waals surface area contributed by atoms with Crippen molar-refractivity contribution in [2.45, 2.75) is 52.4 Å². The van der Waals surface area contributed by atoms with Crippen LogP contribution in [0.1, 0.15) is 50.7 Å². The van der Waals surface area contributed by atoms with Crippen LogP contribution in [-0.4, -0.2) is 0 Å². The zero-order valence-electron chi connectivity index (χ0n) is 13.5. The second kappa shape index (κ2) is 21.5. The molecular weight excluding hydrogens is 414 g/mol. The fraction of sp³-hybridized carbons (Fsp3) is 0.444. The zero-order valence-corrected chi connectivity index (χ0v) is 18.2. The van der Waals surface area contributed by atoms with Crippen molar-refractivity contribution in [2.75, 3.05) is 0 Å². The summed E-state index contributed by atoms with van der Waals surface area (Å²) in [6.45, 7) is 4.45. The van der Waals surface area contributed by atoms with Crippen molar-refractivity contribution in [1.82, 2.24) is 0 Å². The van der Waals surface area contributed by atoms with Crippen molar-refractivity contribution in [1.29, 1.82) is 0 Å². The predicted molar refractivity (Wildman–Crippen MR) is 81.3 cm³/mol. The van der Waals surface area contributed by atoms with Crippen LogP contribution in [0, 0.1) is 0 Å². The van der Waals surface area contributed by atoms with Crippen molar-refractivity contribution >= 4 is 0 Å². The Balaban J connectivity index is -0.000000125. The molecule has 0 fully saturated rings. The minimum Gasteiger partial charge on any atom is -1.00 e. The molecule has 125 valence electrons. The minimum absolute atomic E-state index is 0. The van der Waals surface area contributed by atoms with E-state index in [1.807, 2.05) is 0 Å². The van der Waals surface area contributed by atoms with E-state index in [4.69, 9.17) is 0 Å². The normalized spacial score (nSPS) is 8.09. The standard InChI is InChI=1S/2C9H13.3ClH.Zr/c2*1-2-3-6-9-7-4-5-8-9;;;;/h2*4-5,7-8H,2-3,6H2,1H3;3*1H;/q2*-1;;;;+3/p-3. The van der Waals surface area contributed by atoms with Crippen LogP contribution in [-0.2, 0) is 39.0 Å². The first kappa shape index (κ1) is 30.3. The summed E-state index contributed by atoms with van der Waals surface area (Å²) in [5.74, 6) is 0. The van der Waals surface area contributed by atoms with E-state index in [0.717, 1.165) is 0 Å². The summed E-state index contributed by atoms with van der Waals surface area (Å²) in [5.41, 5.74) is 2.97. The molecule has 0 atom stereocenters. The van der Waals surface area contributed by atoms with Crippen molar-refractivity contribution in [3.63, 3.8) is 0 Å². The first-order valence-electron chi connectivity index (χ1n) is 7.28. The van der Waals surface area contributed by atoms with Gasteiger partial charge in [-0.1, -0.05) is 52.4 Å². The maximum Gasteiger partial charge on any atom is 3.00 e. The number of unbranched alkanes of at least 4 members (excludes halogenated alkanes) is 2. The monoisotopic (exact) mass is 437 g/mol. The van der Waals surface area contributed by atoms with Gasteiger partial charge in [-0.15, -0.1) is 0 Å². The van der Waals surface area contributed by atoms with Gasteiger partial charge in [0.1, 0.15) is 0 Å². The van der Waals surface area contributed by atoms with Gasteiger partial charge in [-0.2, -0.15) is 35.4 Å². The first-order valence-corrected chi connectivity index (χ1v) is 7.28.